The van der Waals surface area contributed by atoms with Crippen molar-refractivity contribution >= 4 is 5.91 Å². The Morgan fingerprint density at radius 2 is 2.21 bits per heavy atom. The second-order valence-corrected chi connectivity index (χ2v) is 6.42. The van der Waals surface area contributed by atoms with Gasteiger partial charge in [-0.3, -0.25) is 9.69 Å². The average Bonchev–Trinajstić information content (AvgIpc) is 2.38. The molecule has 1 amide bonds. The van der Waals surface area contributed by atoms with Crippen LogP contribution in [0.2, 0.25) is 0 Å². The molecule has 1 saturated heterocycles. The number of nitrogens with zero attached hydrogens (tertiary/aromatic N) is 1. The third-order valence-corrected chi connectivity index (χ3v) is 4.36. The van der Waals surface area contributed by atoms with Crippen LogP contribution in [0.25, 0.3) is 0 Å². The lowest BCUT2D eigenvalue weighted by Crippen LogP contribution is -2.53. The van der Waals surface area contributed by atoms with E-state index in [4.69, 9.17) is 5.11 Å². The van der Waals surface area contributed by atoms with Crippen molar-refractivity contribution in [3.8, 4) is 0 Å². The molecule has 112 valence electrons. The first-order chi connectivity index (χ1) is 8.89. The number of carbonyl (C=O) groups excluding carboxylic acids is 1. The minimum Gasteiger partial charge on any atom is -0.396 e. The smallest absolute Gasteiger partial charge is 0.237 e. The van der Waals surface area contributed by atoms with Crippen LogP contribution in [0.15, 0.2) is 0 Å². The van der Waals surface area contributed by atoms with E-state index in [1.807, 2.05) is 6.92 Å². The van der Waals surface area contributed by atoms with E-state index in [1.54, 1.807) is 0 Å². The molecule has 19 heavy (non-hydrogen) atoms. The van der Waals surface area contributed by atoms with E-state index in [0.29, 0.717) is 5.92 Å². The van der Waals surface area contributed by atoms with Gasteiger partial charge < -0.3 is 10.4 Å². The highest BCUT2D eigenvalue weighted by atomic mass is 16.3. The lowest BCUT2D eigenvalue weighted by molar-refractivity contribution is -0.128. The molecule has 1 heterocycles. The first-order valence-corrected chi connectivity index (χ1v) is 7.56. The molecule has 0 aromatic rings. The Hall–Kier alpha value is -0.610. The van der Waals surface area contributed by atoms with Gasteiger partial charge in [0.05, 0.1) is 6.04 Å². The number of hydrogen-bond donors (Lipinski definition) is 2. The molecule has 1 aliphatic heterocycles. The maximum atomic E-state index is 12.3. The maximum Gasteiger partial charge on any atom is 0.237 e. The van der Waals surface area contributed by atoms with E-state index >= 15 is 0 Å². The van der Waals surface area contributed by atoms with Gasteiger partial charge in [-0.2, -0.15) is 0 Å². The van der Waals surface area contributed by atoms with Gasteiger partial charge in [0.2, 0.25) is 5.91 Å². The summed E-state index contributed by atoms with van der Waals surface area (Å²) in [5, 5.41) is 12.2. The Morgan fingerprint density at radius 1 is 1.53 bits per heavy atom. The van der Waals surface area contributed by atoms with Gasteiger partial charge in [0.1, 0.15) is 0 Å². The first kappa shape index (κ1) is 16.4. The van der Waals surface area contributed by atoms with Gasteiger partial charge in [0.25, 0.3) is 0 Å². The second-order valence-electron chi connectivity index (χ2n) is 6.42. The number of carbonyl (C=O) groups is 1. The Balaban J connectivity index is 2.51. The molecular weight excluding hydrogens is 240 g/mol. The normalized spacial score (nSPS) is 23.1. The summed E-state index contributed by atoms with van der Waals surface area (Å²) in [7, 11) is 0. The lowest BCUT2D eigenvalue weighted by atomic mass is 9.94. The van der Waals surface area contributed by atoms with Crippen LogP contribution >= 0.6 is 0 Å². The molecule has 4 nitrogen and oxygen atoms in total. The number of aliphatic hydroxyl groups excluding tert-OH is 1. The Labute approximate surface area is 117 Å². The average molecular weight is 270 g/mol. The number of piperidine rings is 1. The molecule has 4 heteroatoms. The van der Waals surface area contributed by atoms with Crippen molar-refractivity contribution in [3.63, 3.8) is 0 Å². The summed E-state index contributed by atoms with van der Waals surface area (Å²) in [6.45, 7) is 10.4. The van der Waals surface area contributed by atoms with E-state index in [2.05, 4.69) is 31.0 Å². The third kappa shape index (κ3) is 5.11. The highest BCUT2D eigenvalue weighted by Crippen LogP contribution is 2.21. The standard InChI is InChI=1S/C15H30N2O2/c1-5-15(3,4)16-14(19)12(2)17-9-6-7-13(11-17)8-10-18/h12-13,18H,5-11H2,1-4H3,(H,16,19). The number of hydrogen-bond acceptors (Lipinski definition) is 3. The molecule has 1 rings (SSSR count). The number of aliphatic hydroxyl groups is 1. The lowest BCUT2D eigenvalue weighted by Gasteiger charge is -2.37. The second kappa shape index (κ2) is 7.25. The molecule has 1 fully saturated rings. The minimum absolute atomic E-state index is 0.0766. The summed E-state index contributed by atoms with van der Waals surface area (Å²) in [5.41, 5.74) is -0.133. The number of nitrogens with one attached hydrogen (secondary N) is 1. The molecule has 0 saturated carbocycles. The van der Waals surface area contributed by atoms with Crippen molar-refractivity contribution in [2.45, 2.75) is 65.0 Å². The van der Waals surface area contributed by atoms with Gasteiger partial charge in [-0.15, -0.1) is 0 Å². The number of amides is 1. The monoisotopic (exact) mass is 270 g/mol. The van der Waals surface area contributed by atoms with Crippen molar-refractivity contribution in [2.24, 2.45) is 5.92 Å². The molecule has 2 N–H and O–H groups in total. The fraction of sp³-hybridized carbons (Fsp3) is 0.933. The Morgan fingerprint density at radius 3 is 2.79 bits per heavy atom. The molecule has 0 radical (unpaired) electrons. The van der Waals surface area contributed by atoms with Crippen LogP contribution in [-0.2, 0) is 4.79 Å². The van der Waals surface area contributed by atoms with E-state index in [-0.39, 0.29) is 24.1 Å². The first-order valence-electron chi connectivity index (χ1n) is 7.56. The van der Waals surface area contributed by atoms with E-state index in [0.717, 1.165) is 32.4 Å². The fourth-order valence-electron chi connectivity index (χ4n) is 2.56. The Bertz CT molecular complexity index is 290. The Kier molecular flexibility index (Phi) is 6.27. The topological polar surface area (TPSA) is 52.6 Å². The SMILES string of the molecule is CCC(C)(C)NC(=O)C(C)N1CCCC(CCO)C1. The molecular formula is C15H30N2O2. The predicted molar refractivity (Wildman–Crippen MR) is 78.0 cm³/mol. The fourth-order valence-corrected chi connectivity index (χ4v) is 2.56. The van der Waals surface area contributed by atoms with Crippen LogP contribution in [0.4, 0.5) is 0 Å². The van der Waals surface area contributed by atoms with Gasteiger partial charge in [0.15, 0.2) is 0 Å². The molecule has 0 bridgehead atoms. The van der Waals surface area contributed by atoms with Crippen molar-refractivity contribution in [1.82, 2.24) is 10.2 Å². The van der Waals surface area contributed by atoms with Gasteiger partial charge in [-0.25, -0.2) is 0 Å². The van der Waals surface area contributed by atoms with Crippen LogP contribution in [-0.4, -0.2) is 47.2 Å². The van der Waals surface area contributed by atoms with Gasteiger partial charge in [-0.05, 0) is 58.9 Å². The van der Waals surface area contributed by atoms with E-state index in [1.165, 1.54) is 6.42 Å². The van der Waals surface area contributed by atoms with Crippen molar-refractivity contribution in [3.05, 3.63) is 0 Å². The molecule has 1 aliphatic rings. The van der Waals surface area contributed by atoms with Crippen molar-refractivity contribution in [1.29, 1.82) is 0 Å². The van der Waals surface area contributed by atoms with Crippen LogP contribution in [0.3, 0.4) is 0 Å². The summed E-state index contributed by atoms with van der Waals surface area (Å²) in [6, 6.07) is -0.0766. The molecule has 0 aromatic heterocycles. The van der Waals surface area contributed by atoms with Crippen molar-refractivity contribution < 1.29 is 9.90 Å². The van der Waals surface area contributed by atoms with E-state index in [9.17, 15) is 4.79 Å². The summed E-state index contributed by atoms with van der Waals surface area (Å²) in [4.78, 5) is 14.5. The molecule has 0 spiro atoms. The summed E-state index contributed by atoms with van der Waals surface area (Å²) >= 11 is 0. The maximum absolute atomic E-state index is 12.3. The van der Waals surface area contributed by atoms with Gasteiger partial charge >= 0.3 is 0 Å². The van der Waals surface area contributed by atoms with Crippen LogP contribution in [0, 0.1) is 5.92 Å². The van der Waals surface area contributed by atoms with Crippen molar-refractivity contribution in [2.75, 3.05) is 19.7 Å². The summed E-state index contributed by atoms with van der Waals surface area (Å²) < 4.78 is 0. The summed E-state index contributed by atoms with van der Waals surface area (Å²) in [5.74, 6) is 0.657. The number of likely N-dealkylation sites (tertiary alicyclic amines) is 1. The van der Waals surface area contributed by atoms with Gasteiger partial charge in [-0.1, -0.05) is 6.92 Å². The predicted octanol–water partition coefficient (Wildman–Crippen LogP) is 1.77. The van der Waals surface area contributed by atoms with Crippen LogP contribution < -0.4 is 5.32 Å². The largest absolute Gasteiger partial charge is 0.396 e. The third-order valence-electron chi connectivity index (χ3n) is 4.36. The van der Waals surface area contributed by atoms with Crippen LogP contribution in [0.1, 0.15) is 53.4 Å². The molecule has 0 aliphatic carbocycles. The molecule has 2 atom stereocenters. The highest BCUT2D eigenvalue weighted by molar-refractivity contribution is 5.82. The molecule has 2 unspecified atom stereocenters. The zero-order valence-corrected chi connectivity index (χ0v) is 12.9. The zero-order valence-electron chi connectivity index (χ0n) is 12.9. The van der Waals surface area contributed by atoms with Crippen LogP contribution in [0.5, 0.6) is 0 Å². The molecule has 0 aromatic carbocycles. The van der Waals surface area contributed by atoms with Gasteiger partial charge in [0, 0.05) is 18.7 Å². The number of rotatable bonds is 6. The van der Waals surface area contributed by atoms with E-state index < -0.39 is 0 Å². The zero-order chi connectivity index (χ0) is 14.5. The quantitative estimate of drug-likeness (QED) is 0.773. The minimum atomic E-state index is -0.133. The highest BCUT2D eigenvalue weighted by Gasteiger charge is 2.29. The summed E-state index contributed by atoms with van der Waals surface area (Å²) in [6.07, 6.45) is 4.08.